The van der Waals surface area contributed by atoms with Gasteiger partial charge in [-0.25, -0.2) is 4.98 Å². The molecule has 0 saturated heterocycles. The Bertz CT molecular complexity index is 1270. The van der Waals surface area contributed by atoms with Gasteiger partial charge in [-0.1, -0.05) is 55.5 Å². The minimum Gasteiger partial charge on any atom is -0.493 e. The van der Waals surface area contributed by atoms with Crippen molar-refractivity contribution in [2.24, 2.45) is 0 Å². The molecule has 2 heterocycles. The SMILES string of the molecule is CCc1ccc(C2=C[C@@H](c3cccc(OC)c3OC)n3c(nc4ccccc43)N2)cc1. The van der Waals surface area contributed by atoms with Gasteiger partial charge in [-0.15, -0.1) is 0 Å². The van der Waals surface area contributed by atoms with E-state index in [1.54, 1.807) is 14.2 Å². The Labute approximate surface area is 182 Å². The van der Waals surface area contributed by atoms with Gasteiger partial charge in [0.25, 0.3) is 0 Å². The van der Waals surface area contributed by atoms with Crippen molar-refractivity contribution >= 4 is 22.7 Å². The van der Waals surface area contributed by atoms with Gasteiger partial charge in [0.15, 0.2) is 11.5 Å². The van der Waals surface area contributed by atoms with Crippen LogP contribution in [0.4, 0.5) is 5.95 Å². The van der Waals surface area contributed by atoms with Crippen molar-refractivity contribution in [1.82, 2.24) is 9.55 Å². The van der Waals surface area contributed by atoms with Crippen LogP contribution < -0.4 is 14.8 Å². The Morgan fingerprint density at radius 1 is 0.935 bits per heavy atom. The number of nitrogens with zero attached hydrogens (tertiary/aromatic N) is 2. The van der Waals surface area contributed by atoms with Gasteiger partial charge in [0.2, 0.25) is 5.95 Å². The van der Waals surface area contributed by atoms with E-state index < -0.39 is 0 Å². The lowest BCUT2D eigenvalue weighted by atomic mass is 9.99. The van der Waals surface area contributed by atoms with Crippen LogP contribution in [0.15, 0.2) is 72.8 Å². The number of fused-ring (bicyclic) bond motifs is 3. The van der Waals surface area contributed by atoms with E-state index in [2.05, 4.69) is 59.3 Å². The molecule has 0 aliphatic carbocycles. The Hall–Kier alpha value is -3.73. The van der Waals surface area contributed by atoms with Crippen LogP contribution in [-0.4, -0.2) is 23.8 Å². The molecule has 5 rings (SSSR count). The number of allylic oxidation sites excluding steroid dienone is 1. The van der Waals surface area contributed by atoms with Gasteiger partial charge in [-0.3, -0.25) is 4.57 Å². The first-order valence-electron chi connectivity index (χ1n) is 10.5. The first kappa shape index (κ1) is 19.2. The molecule has 1 atom stereocenters. The molecule has 1 aromatic heterocycles. The summed E-state index contributed by atoms with van der Waals surface area (Å²) in [6.07, 6.45) is 3.26. The lowest BCUT2D eigenvalue weighted by Crippen LogP contribution is -2.19. The number of aryl methyl sites for hydroxylation is 1. The van der Waals surface area contributed by atoms with Gasteiger partial charge in [-0.05, 0) is 41.8 Å². The highest BCUT2D eigenvalue weighted by Gasteiger charge is 2.28. The van der Waals surface area contributed by atoms with Crippen molar-refractivity contribution in [3.05, 3.63) is 89.5 Å². The lowest BCUT2D eigenvalue weighted by molar-refractivity contribution is 0.350. The Kier molecular flexibility index (Phi) is 4.86. The van der Waals surface area contributed by atoms with E-state index in [9.17, 15) is 0 Å². The number of rotatable bonds is 5. The second-order valence-electron chi connectivity index (χ2n) is 7.58. The number of ether oxygens (including phenoxy) is 2. The average molecular weight is 412 g/mol. The molecule has 31 heavy (non-hydrogen) atoms. The van der Waals surface area contributed by atoms with Gasteiger partial charge in [0.05, 0.1) is 31.3 Å². The highest BCUT2D eigenvalue weighted by atomic mass is 16.5. The Morgan fingerprint density at radius 2 is 1.74 bits per heavy atom. The topological polar surface area (TPSA) is 48.3 Å². The molecule has 0 unspecified atom stereocenters. The molecule has 3 aromatic carbocycles. The molecule has 5 nitrogen and oxygen atoms in total. The number of para-hydroxylation sites is 3. The van der Waals surface area contributed by atoms with Gasteiger partial charge in [-0.2, -0.15) is 0 Å². The summed E-state index contributed by atoms with van der Waals surface area (Å²) >= 11 is 0. The Morgan fingerprint density at radius 3 is 2.48 bits per heavy atom. The molecule has 0 saturated carbocycles. The molecule has 1 aliphatic rings. The van der Waals surface area contributed by atoms with Crippen molar-refractivity contribution in [2.75, 3.05) is 19.5 Å². The summed E-state index contributed by atoms with van der Waals surface area (Å²) in [7, 11) is 3.35. The summed E-state index contributed by atoms with van der Waals surface area (Å²) in [5.41, 5.74) is 6.51. The number of hydrogen-bond donors (Lipinski definition) is 1. The fraction of sp³-hybridized carbons (Fsp3) is 0.192. The highest BCUT2D eigenvalue weighted by Crippen LogP contribution is 2.42. The average Bonchev–Trinajstić information content (AvgIpc) is 3.21. The van der Waals surface area contributed by atoms with Crippen LogP contribution >= 0.6 is 0 Å². The maximum Gasteiger partial charge on any atom is 0.209 e. The Balaban J connectivity index is 1.73. The quantitative estimate of drug-likeness (QED) is 0.460. The van der Waals surface area contributed by atoms with Crippen molar-refractivity contribution in [1.29, 1.82) is 0 Å². The van der Waals surface area contributed by atoms with Crippen LogP contribution in [0.1, 0.15) is 29.7 Å². The lowest BCUT2D eigenvalue weighted by Gasteiger charge is -2.28. The minimum absolute atomic E-state index is 0.102. The molecule has 0 amide bonds. The largest absolute Gasteiger partial charge is 0.493 e. The monoisotopic (exact) mass is 411 g/mol. The first-order chi connectivity index (χ1) is 15.2. The smallest absolute Gasteiger partial charge is 0.209 e. The molecule has 0 radical (unpaired) electrons. The third-order valence-electron chi connectivity index (χ3n) is 5.87. The zero-order chi connectivity index (χ0) is 21.4. The molecule has 1 aliphatic heterocycles. The van der Waals surface area contributed by atoms with Crippen LogP contribution in [0.3, 0.4) is 0 Å². The molecule has 4 aromatic rings. The highest BCUT2D eigenvalue weighted by molar-refractivity contribution is 5.85. The van der Waals surface area contributed by atoms with E-state index in [1.165, 1.54) is 5.56 Å². The van der Waals surface area contributed by atoms with Crippen molar-refractivity contribution in [3.63, 3.8) is 0 Å². The molecule has 156 valence electrons. The number of benzene rings is 3. The predicted octanol–water partition coefficient (Wildman–Crippen LogP) is 5.67. The number of aromatic nitrogens is 2. The second kappa shape index (κ2) is 7.84. The number of nitrogens with one attached hydrogen (secondary N) is 1. The maximum absolute atomic E-state index is 5.79. The third-order valence-corrected chi connectivity index (χ3v) is 5.87. The molecule has 0 bridgehead atoms. The predicted molar refractivity (Wildman–Crippen MR) is 125 cm³/mol. The summed E-state index contributed by atoms with van der Waals surface area (Å²) < 4.78 is 13.6. The van der Waals surface area contributed by atoms with Crippen molar-refractivity contribution < 1.29 is 9.47 Å². The van der Waals surface area contributed by atoms with Crippen LogP contribution in [0.2, 0.25) is 0 Å². The molecule has 5 heteroatoms. The number of hydrogen-bond acceptors (Lipinski definition) is 4. The fourth-order valence-corrected chi connectivity index (χ4v) is 4.27. The number of imidazole rings is 1. The number of methoxy groups -OCH3 is 2. The second-order valence-corrected chi connectivity index (χ2v) is 7.58. The van der Waals surface area contributed by atoms with Crippen molar-refractivity contribution in [2.45, 2.75) is 19.4 Å². The van der Waals surface area contributed by atoms with Crippen LogP contribution in [-0.2, 0) is 6.42 Å². The van der Waals surface area contributed by atoms with E-state index in [4.69, 9.17) is 14.5 Å². The van der Waals surface area contributed by atoms with Gasteiger partial charge < -0.3 is 14.8 Å². The van der Waals surface area contributed by atoms with Crippen LogP contribution in [0.5, 0.6) is 11.5 Å². The fourth-order valence-electron chi connectivity index (χ4n) is 4.27. The van der Waals surface area contributed by atoms with Gasteiger partial charge in [0.1, 0.15) is 0 Å². The first-order valence-corrected chi connectivity index (χ1v) is 10.5. The van der Waals surface area contributed by atoms with Crippen LogP contribution in [0, 0.1) is 0 Å². The standard InChI is InChI=1S/C26H25N3O2/c1-4-17-12-14-18(15-13-17)21-16-23(19-8-7-11-24(30-2)25(19)31-3)29-22-10-6-5-9-20(22)27-26(29)28-21/h5-16,23H,4H2,1-3H3,(H,27,28)/t23-/m0/s1. The summed E-state index contributed by atoms with van der Waals surface area (Å²) in [5.74, 6) is 2.26. The van der Waals surface area contributed by atoms with Gasteiger partial charge in [0, 0.05) is 11.3 Å². The molecular weight excluding hydrogens is 386 g/mol. The van der Waals surface area contributed by atoms with E-state index in [-0.39, 0.29) is 6.04 Å². The molecule has 0 fully saturated rings. The molecule has 1 N–H and O–H groups in total. The van der Waals surface area contributed by atoms with Crippen LogP contribution in [0.25, 0.3) is 16.7 Å². The van der Waals surface area contributed by atoms with E-state index in [0.717, 1.165) is 46.0 Å². The summed E-state index contributed by atoms with van der Waals surface area (Å²) in [5, 5.41) is 3.55. The zero-order valence-electron chi connectivity index (χ0n) is 17.9. The summed E-state index contributed by atoms with van der Waals surface area (Å²) in [6, 6.07) is 22.8. The minimum atomic E-state index is -0.102. The normalized spacial score (nSPS) is 15.2. The van der Waals surface area contributed by atoms with Crippen molar-refractivity contribution in [3.8, 4) is 11.5 Å². The van der Waals surface area contributed by atoms with E-state index in [0.29, 0.717) is 5.75 Å². The number of anilines is 1. The van der Waals surface area contributed by atoms with E-state index >= 15 is 0 Å². The molecule has 0 spiro atoms. The van der Waals surface area contributed by atoms with E-state index in [1.807, 2.05) is 30.3 Å². The zero-order valence-corrected chi connectivity index (χ0v) is 17.9. The van der Waals surface area contributed by atoms with Gasteiger partial charge >= 0.3 is 0 Å². The third kappa shape index (κ3) is 3.22. The summed E-state index contributed by atoms with van der Waals surface area (Å²) in [6.45, 7) is 2.17. The summed E-state index contributed by atoms with van der Waals surface area (Å²) in [4.78, 5) is 4.88. The molecular formula is C26H25N3O2. The maximum atomic E-state index is 5.79.